The van der Waals surface area contributed by atoms with Crippen LogP contribution in [0.2, 0.25) is 0 Å². The van der Waals surface area contributed by atoms with E-state index < -0.39 is 0 Å². The van der Waals surface area contributed by atoms with E-state index in [-0.39, 0.29) is 0 Å². The first kappa shape index (κ1) is 21.3. The molecule has 0 N–H and O–H groups in total. The summed E-state index contributed by atoms with van der Waals surface area (Å²) in [7, 11) is 0. The second kappa shape index (κ2) is 9.18. The molecule has 35 heavy (non-hydrogen) atoms. The van der Waals surface area contributed by atoms with Gasteiger partial charge in [-0.2, -0.15) is 5.26 Å². The average molecular weight is 480 g/mol. The average Bonchev–Trinajstić information content (AvgIpc) is 3.64. The minimum absolute atomic E-state index is 0.408. The maximum Gasteiger partial charge on any atom is 0.232 e. The fraction of sp³-hybridized carbons (Fsp3) is 0.154. The molecule has 8 nitrogen and oxygen atoms in total. The standard InChI is InChI=1S/C26H21N7OS/c27-18-20(17-22-23(19-7-3-1-4-8-19)28-26-32(22)13-16-35-26)24-29-30-25(31-11-14-34-15-12-31)33(24)21-9-5-2-6-10-21/h1-10,13,16-17H,11-12,14-15H2. The van der Waals surface area contributed by atoms with Gasteiger partial charge in [-0.05, 0) is 18.2 Å². The number of rotatable bonds is 5. The number of para-hydroxylation sites is 1. The molecule has 0 aliphatic carbocycles. The number of hydrogen-bond acceptors (Lipinski definition) is 7. The Morgan fingerprint density at radius 3 is 2.49 bits per heavy atom. The van der Waals surface area contributed by atoms with Crippen LogP contribution < -0.4 is 4.90 Å². The summed E-state index contributed by atoms with van der Waals surface area (Å²) in [6, 6.07) is 22.3. The number of imidazole rings is 1. The summed E-state index contributed by atoms with van der Waals surface area (Å²) in [6.45, 7) is 2.69. The molecule has 5 aromatic rings. The predicted octanol–water partition coefficient (Wildman–Crippen LogP) is 4.54. The van der Waals surface area contributed by atoms with Gasteiger partial charge in [0.05, 0.1) is 35.9 Å². The number of fused-ring (bicyclic) bond motifs is 1. The van der Waals surface area contributed by atoms with Crippen molar-refractivity contribution in [1.29, 1.82) is 5.26 Å². The van der Waals surface area contributed by atoms with Gasteiger partial charge in [0.1, 0.15) is 6.07 Å². The van der Waals surface area contributed by atoms with Crippen molar-refractivity contribution in [3.63, 3.8) is 0 Å². The number of nitrogens with zero attached hydrogens (tertiary/aromatic N) is 7. The van der Waals surface area contributed by atoms with E-state index >= 15 is 0 Å². The molecule has 0 saturated carbocycles. The number of nitriles is 1. The highest BCUT2D eigenvalue weighted by molar-refractivity contribution is 7.15. The molecule has 0 amide bonds. The van der Waals surface area contributed by atoms with Gasteiger partial charge in [0, 0.05) is 30.2 Å². The zero-order valence-corrected chi connectivity index (χ0v) is 19.6. The molecule has 9 heteroatoms. The molecule has 1 saturated heterocycles. The lowest BCUT2D eigenvalue weighted by Gasteiger charge is -2.28. The van der Waals surface area contributed by atoms with Gasteiger partial charge in [0.25, 0.3) is 0 Å². The molecule has 1 fully saturated rings. The molecule has 172 valence electrons. The monoisotopic (exact) mass is 479 g/mol. The lowest BCUT2D eigenvalue weighted by molar-refractivity contribution is 0.122. The lowest BCUT2D eigenvalue weighted by Crippen LogP contribution is -2.38. The molecule has 0 unspecified atom stereocenters. The number of ether oxygens (including phenoxy) is 1. The largest absolute Gasteiger partial charge is 0.378 e. The maximum absolute atomic E-state index is 10.3. The Morgan fingerprint density at radius 2 is 1.74 bits per heavy atom. The van der Waals surface area contributed by atoms with Gasteiger partial charge < -0.3 is 9.64 Å². The minimum Gasteiger partial charge on any atom is -0.378 e. The van der Waals surface area contributed by atoms with Crippen LogP contribution in [0.25, 0.3) is 33.6 Å². The van der Waals surface area contributed by atoms with Crippen molar-refractivity contribution >= 4 is 33.9 Å². The van der Waals surface area contributed by atoms with Crippen LogP contribution in [0.1, 0.15) is 11.5 Å². The van der Waals surface area contributed by atoms with Crippen molar-refractivity contribution in [2.75, 3.05) is 31.2 Å². The summed E-state index contributed by atoms with van der Waals surface area (Å²) in [5, 5.41) is 21.3. The van der Waals surface area contributed by atoms with Crippen LogP contribution in [0.4, 0.5) is 5.95 Å². The van der Waals surface area contributed by atoms with E-state index in [2.05, 4.69) is 21.2 Å². The van der Waals surface area contributed by atoms with Gasteiger partial charge in [-0.3, -0.25) is 8.97 Å². The first-order chi connectivity index (χ1) is 17.3. The van der Waals surface area contributed by atoms with Gasteiger partial charge in [0.2, 0.25) is 5.95 Å². The van der Waals surface area contributed by atoms with Crippen molar-refractivity contribution in [1.82, 2.24) is 24.1 Å². The Labute approximate surface area is 206 Å². The third kappa shape index (κ3) is 3.89. The quantitative estimate of drug-likeness (QED) is 0.344. The highest BCUT2D eigenvalue weighted by Crippen LogP contribution is 2.31. The van der Waals surface area contributed by atoms with E-state index in [4.69, 9.17) is 9.72 Å². The third-order valence-electron chi connectivity index (χ3n) is 5.94. The van der Waals surface area contributed by atoms with Crippen molar-refractivity contribution < 1.29 is 4.74 Å². The topological polar surface area (TPSA) is 84.3 Å². The Balaban J connectivity index is 1.54. The van der Waals surface area contributed by atoms with Crippen molar-refractivity contribution in [3.8, 4) is 23.0 Å². The van der Waals surface area contributed by atoms with Gasteiger partial charge in [-0.25, -0.2) is 4.98 Å². The van der Waals surface area contributed by atoms with Gasteiger partial charge in [-0.15, -0.1) is 21.5 Å². The normalized spacial score (nSPS) is 14.4. The van der Waals surface area contributed by atoms with E-state index in [0.717, 1.165) is 27.6 Å². The van der Waals surface area contributed by atoms with Crippen LogP contribution in [0, 0.1) is 11.3 Å². The van der Waals surface area contributed by atoms with Crippen molar-refractivity contribution in [2.24, 2.45) is 0 Å². The third-order valence-corrected chi connectivity index (χ3v) is 6.70. The minimum atomic E-state index is 0.408. The number of allylic oxidation sites excluding steroid dienone is 1. The van der Waals surface area contributed by atoms with Gasteiger partial charge in [-0.1, -0.05) is 48.5 Å². The Morgan fingerprint density at radius 1 is 1.00 bits per heavy atom. The number of thiazole rings is 1. The zero-order valence-electron chi connectivity index (χ0n) is 18.8. The SMILES string of the molecule is N#CC(=Cc1c(-c2ccccc2)nc2sccn12)c1nnc(N2CCOCC2)n1-c1ccccc1. The Hall–Kier alpha value is -4.26. The molecule has 0 radical (unpaired) electrons. The van der Waals surface area contributed by atoms with Crippen LogP contribution in [0.15, 0.2) is 72.2 Å². The van der Waals surface area contributed by atoms with Crippen molar-refractivity contribution in [2.45, 2.75) is 0 Å². The second-order valence-corrected chi connectivity index (χ2v) is 8.90. The number of benzene rings is 2. The molecule has 6 rings (SSSR count). The molecular formula is C26H21N7OS. The second-order valence-electron chi connectivity index (χ2n) is 8.03. The summed E-state index contributed by atoms with van der Waals surface area (Å²) in [5.41, 5.74) is 3.95. The lowest BCUT2D eigenvalue weighted by atomic mass is 10.1. The van der Waals surface area contributed by atoms with Gasteiger partial charge >= 0.3 is 0 Å². The van der Waals surface area contributed by atoms with Crippen LogP contribution in [-0.4, -0.2) is 50.5 Å². The molecule has 0 bridgehead atoms. The number of aromatic nitrogens is 5. The highest BCUT2D eigenvalue weighted by atomic mass is 32.1. The predicted molar refractivity (Wildman–Crippen MR) is 136 cm³/mol. The van der Waals surface area contributed by atoms with Crippen LogP contribution in [0.5, 0.6) is 0 Å². The van der Waals surface area contributed by atoms with E-state index in [1.165, 1.54) is 0 Å². The van der Waals surface area contributed by atoms with Gasteiger partial charge in [0.15, 0.2) is 10.8 Å². The summed E-state index contributed by atoms with van der Waals surface area (Å²) in [4.78, 5) is 7.86. The Kier molecular flexibility index (Phi) is 5.58. The molecular weight excluding hydrogens is 458 g/mol. The Bertz CT molecular complexity index is 1540. The summed E-state index contributed by atoms with van der Waals surface area (Å²) >= 11 is 1.56. The highest BCUT2D eigenvalue weighted by Gasteiger charge is 2.24. The van der Waals surface area contributed by atoms with E-state index in [1.54, 1.807) is 11.3 Å². The fourth-order valence-corrected chi connectivity index (χ4v) is 4.99. The van der Waals surface area contributed by atoms with Crippen LogP contribution in [-0.2, 0) is 4.74 Å². The molecule has 0 spiro atoms. The first-order valence-corrected chi connectivity index (χ1v) is 12.2. The van der Waals surface area contributed by atoms with Crippen LogP contribution in [0.3, 0.4) is 0 Å². The summed E-state index contributed by atoms with van der Waals surface area (Å²) in [5.74, 6) is 1.19. The smallest absolute Gasteiger partial charge is 0.232 e. The molecule has 1 aliphatic heterocycles. The zero-order chi connectivity index (χ0) is 23.6. The van der Waals surface area contributed by atoms with E-state index in [0.29, 0.717) is 43.6 Å². The maximum atomic E-state index is 10.3. The molecule has 3 aromatic heterocycles. The number of hydrogen-bond donors (Lipinski definition) is 0. The molecule has 1 aliphatic rings. The summed E-state index contributed by atoms with van der Waals surface area (Å²) in [6.07, 6.45) is 3.84. The fourth-order valence-electron chi connectivity index (χ4n) is 4.27. The van der Waals surface area contributed by atoms with E-state index in [9.17, 15) is 5.26 Å². The molecule has 2 aromatic carbocycles. The first-order valence-electron chi connectivity index (χ1n) is 11.3. The van der Waals surface area contributed by atoms with Crippen molar-refractivity contribution in [3.05, 3.63) is 83.8 Å². The number of anilines is 1. The summed E-state index contributed by atoms with van der Waals surface area (Å²) < 4.78 is 9.49. The molecule has 0 atom stereocenters. The van der Waals surface area contributed by atoms with Crippen LogP contribution >= 0.6 is 11.3 Å². The van der Waals surface area contributed by atoms with E-state index in [1.807, 2.05) is 87.3 Å². The molecule has 4 heterocycles. The number of morpholine rings is 1.